The van der Waals surface area contributed by atoms with Gasteiger partial charge in [0.2, 0.25) is 5.89 Å². The second-order valence-electron chi connectivity index (χ2n) is 7.11. The van der Waals surface area contributed by atoms with Gasteiger partial charge in [0.15, 0.2) is 0 Å². The smallest absolute Gasteiger partial charge is 0.208 e. The lowest BCUT2D eigenvalue weighted by molar-refractivity contribution is -0.0364. The summed E-state index contributed by atoms with van der Waals surface area (Å²) in [6, 6.07) is 0. The molecule has 4 aliphatic carbocycles. The van der Waals surface area contributed by atoms with Crippen LogP contribution >= 0.6 is 0 Å². The van der Waals surface area contributed by atoms with E-state index in [-0.39, 0.29) is 0 Å². The molecule has 1 aromatic rings. The van der Waals surface area contributed by atoms with E-state index >= 15 is 0 Å². The highest BCUT2D eigenvalue weighted by Crippen LogP contribution is 2.57. The summed E-state index contributed by atoms with van der Waals surface area (Å²) in [6.07, 6.45) is 8.59. The minimum Gasteiger partial charge on any atom is -0.444 e. The van der Waals surface area contributed by atoms with Gasteiger partial charge in [-0.3, -0.25) is 0 Å². The molecule has 0 aliphatic heterocycles. The van der Waals surface area contributed by atoms with Gasteiger partial charge in [-0.15, -0.1) is 0 Å². The summed E-state index contributed by atoms with van der Waals surface area (Å²) in [6.45, 7) is 2.46. The first kappa shape index (κ1) is 12.0. The maximum Gasteiger partial charge on any atom is 0.208 e. The molecule has 0 atom stereocenters. The molecule has 1 aromatic heterocycles. The maximum atomic E-state index is 5.62. The van der Waals surface area contributed by atoms with E-state index < -0.39 is 0 Å². The zero-order valence-electron chi connectivity index (χ0n) is 11.8. The van der Waals surface area contributed by atoms with Crippen LogP contribution in [0.15, 0.2) is 4.42 Å². The molecule has 19 heavy (non-hydrogen) atoms. The lowest BCUT2D eigenvalue weighted by atomic mass is 9.51. The molecule has 0 unspecified atom stereocenters. The highest BCUT2D eigenvalue weighted by Gasteiger charge is 2.48. The molecule has 3 heteroatoms. The van der Waals surface area contributed by atoms with Crippen LogP contribution in [0.2, 0.25) is 0 Å². The van der Waals surface area contributed by atoms with Gasteiger partial charge in [0.25, 0.3) is 0 Å². The van der Waals surface area contributed by atoms with E-state index in [0.29, 0.717) is 12.4 Å². The van der Waals surface area contributed by atoms with Crippen LogP contribution in [0.1, 0.15) is 49.4 Å². The summed E-state index contributed by atoms with van der Waals surface area (Å²) in [5.41, 5.74) is 6.80. The number of nitrogens with zero attached hydrogens (tertiary/aromatic N) is 1. The van der Waals surface area contributed by atoms with Gasteiger partial charge < -0.3 is 10.2 Å². The SMILES string of the molecule is Cc1oc(CN)nc1CC1C2CC3CC(C2)CC1C3. The summed E-state index contributed by atoms with van der Waals surface area (Å²) < 4.78 is 5.62. The maximum absolute atomic E-state index is 5.62. The van der Waals surface area contributed by atoms with Crippen molar-refractivity contribution >= 4 is 0 Å². The van der Waals surface area contributed by atoms with Crippen molar-refractivity contribution in [3.63, 3.8) is 0 Å². The average Bonchev–Trinajstić information content (AvgIpc) is 2.74. The molecule has 3 nitrogen and oxygen atoms in total. The topological polar surface area (TPSA) is 52.0 Å². The third kappa shape index (κ3) is 1.94. The van der Waals surface area contributed by atoms with Gasteiger partial charge >= 0.3 is 0 Å². The van der Waals surface area contributed by atoms with Gasteiger partial charge in [-0.1, -0.05) is 0 Å². The minimum absolute atomic E-state index is 0.419. The number of rotatable bonds is 3. The Morgan fingerprint density at radius 1 is 1.11 bits per heavy atom. The van der Waals surface area contributed by atoms with Gasteiger partial charge in [0, 0.05) is 0 Å². The van der Waals surface area contributed by atoms with E-state index in [1.807, 2.05) is 6.92 Å². The first-order valence-electron chi connectivity index (χ1n) is 7.88. The Bertz CT molecular complexity index is 451. The fourth-order valence-corrected chi connectivity index (χ4v) is 5.36. The van der Waals surface area contributed by atoms with Crippen molar-refractivity contribution in [1.82, 2.24) is 4.98 Å². The quantitative estimate of drug-likeness (QED) is 0.908. The summed E-state index contributed by atoms with van der Waals surface area (Å²) >= 11 is 0. The van der Waals surface area contributed by atoms with Crippen LogP contribution in [-0.2, 0) is 13.0 Å². The summed E-state index contributed by atoms with van der Waals surface area (Å²) in [4.78, 5) is 4.59. The molecule has 0 amide bonds. The molecule has 0 radical (unpaired) electrons. The monoisotopic (exact) mass is 260 g/mol. The van der Waals surface area contributed by atoms with E-state index in [0.717, 1.165) is 41.8 Å². The molecular formula is C16H24N2O. The fourth-order valence-electron chi connectivity index (χ4n) is 5.36. The lowest BCUT2D eigenvalue weighted by Gasteiger charge is -2.54. The van der Waals surface area contributed by atoms with Crippen molar-refractivity contribution in [2.75, 3.05) is 0 Å². The fraction of sp³-hybridized carbons (Fsp3) is 0.812. The van der Waals surface area contributed by atoms with Gasteiger partial charge in [-0.05, 0) is 75.0 Å². The molecule has 4 bridgehead atoms. The molecule has 4 fully saturated rings. The Morgan fingerprint density at radius 3 is 2.26 bits per heavy atom. The predicted molar refractivity (Wildman–Crippen MR) is 73.4 cm³/mol. The van der Waals surface area contributed by atoms with Crippen molar-refractivity contribution in [2.45, 2.75) is 52.0 Å². The van der Waals surface area contributed by atoms with E-state index in [9.17, 15) is 0 Å². The van der Waals surface area contributed by atoms with E-state index in [4.69, 9.17) is 10.2 Å². The Morgan fingerprint density at radius 2 is 1.74 bits per heavy atom. The minimum atomic E-state index is 0.419. The first-order valence-corrected chi connectivity index (χ1v) is 7.88. The van der Waals surface area contributed by atoms with Gasteiger partial charge in [-0.2, -0.15) is 0 Å². The number of aromatic nitrogens is 1. The van der Waals surface area contributed by atoms with E-state index in [1.165, 1.54) is 37.8 Å². The normalized spacial score (nSPS) is 40.0. The highest BCUT2D eigenvalue weighted by molar-refractivity contribution is 5.11. The second kappa shape index (κ2) is 4.34. The van der Waals surface area contributed by atoms with Crippen molar-refractivity contribution in [3.8, 4) is 0 Å². The predicted octanol–water partition coefficient (Wildman–Crippen LogP) is 3.06. The number of aryl methyl sites for hydroxylation is 1. The Labute approximate surface area is 115 Å². The number of hydrogen-bond acceptors (Lipinski definition) is 3. The number of hydrogen-bond donors (Lipinski definition) is 1. The van der Waals surface area contributed by atoms with Crippen molar-refractivity contribution < 1.29 is 4.42 Å². The van der Waals surface area contributed by atoms with Crippen LogP contribution in [0.25, 0.3) is 0 Å². The lowest BCUT2D eigenvalue weighted by Crippen LogP contribution is -2.45. The van der Waals surface area contributed by atoms with Crippen LogP contribution in [0.3, 0.4) is 0 Å². The van der Waals surface area contributed by atoms with Crippen molar-refractivity contribution in [2.24, 2.45) is 35.3 Å². The molecule has 0 aromatic carbocycles. The van der Waals surface area contributed by atoms with Crippen LogP contribution in [0.5, 0.6) is 0 Å². The number of oxazole rings is 1. The zero-order chi connectivity index (χ0) is 13.0. The van der Waals surface area contributed by atoms with Crippen LogP contribution in [-0.4, -0.2) is 4.98 Å². The Kier molecular flexibility index (Phi) is 2.73. The third-order valence-corrected chi connectivity index (χ3v) is 5.96. The van der Waals surface area contributed by atoms with Crippen LogP contribution in [0, 0.1) is 36.5 Å². The Hall–Kier alpha value is -0.830. The first-order chi connectivity index (χ1) is 9.22. The molecule has 1 heterocycles. The standard InChI is InChI=1S/C16H24N2O/c1-9-15(18-16(8-17)19-9)7-14-12-3-10-2-11(5-12)6-13(14)4-10/h10-14H,2-8,17H2,1H3. The summed E-state index contributed by atoms with van der Waals surface area (Å²) in [7, 11) is 0. The second-order valence-corrected chi connectivity index (χ2v) is 7.11. The summed E-state index contributed by atoms with van der Waals surface area (Å²) in [5.74, 6) is 6.60. The molecular weight excluding hydrogens is 236 g/mol. The third-order valence-electron chi connectivity index (χ3n) is 5.96. The largest absolute Gasteiger partial charge is 0.444 e. The number of nitrogens with two attached hydrogens (primary N) is 1. The molecule has 0 spiro atoms. The van der Waals surface area contributed by atoms with Crippen molar-refractivity contribution in [1.29, 1.82) is 0 Å². The van der Waals surface area contributed by atoms with Crippen LogP contribution in [0.4, 0.5) is 0 Å². The molecule has 0 saturated heterocycles. The van der Waals surface area contributed by atoms with E-state index in [2.05, 4.69) is 4.98 Å². The molecule has 5 rings (SSSR count). The van der Waals surface area contributed by atoms with E-state index in [1.54, 1.807) is 0 Å². The zero-order valence-corrected chi connectivity index (χ0v) is 11.8. The Balaban J connectivity index is 1.55. The highest BCUT2D eigenvalue weighted by atomic mass is 16.4. The van der Waals surface area contributed by atoms with Gasteiger partial charge in [0.1, 0.15) is 5.76 Å². The van der Waals surface area contributed by atoms with Gasteiger partial charge in [-0.25, -0.2) is 4.98 Å². The van der Waals surface area contributed by atoms with Crippen molar-refractivity contribution in [3.05, 3.63) is 17.3 Å². The van der Waals surface area contributed by atoms with Gasteiger partial charge in [0.05, 0.1) is 12.2 Å². The van der Waals surface area contributed by atoms with Crippen LogP contribution < -0.4 is 5.73 Å². The molecule has 104 valence electrons. The molecule has 2 N–H and O–H groups in total. The average molecular weight is 260 g/mol. The molecule has 4 saturated carbocycles. The molecule has 4 aliphatic rings. The summed E-state index contributed by atoms with van der Waals surface area (Å²) in [5, 5.41) is 0.